The zero-order valence-corrected chi connectivity index (χ0v) is 19.8. The minimum absolute atomic E-state index is 0.0912. The fraction of sp³-hybridized carbons (Fsp3) is 0.364. The number of hydrogen-bond acceptors (Lipinski definition) is 9. The van der Waals surface area contributed by atoms with Crippen molar-refractivity contribution in [1.29, 1.82) is 0 Å². The van der Waals surface area contributed by atoms with Crippen molar-refractivity contribution in [3.63, 3.8) is 0 Å². The zero-order valence-electron chi connectivity index (χ0n) is 19.8. The van der Waals surface area contributed by atoms with Gasteiger partial charge >= 0.3 is 18.7 Å². The average Bonchev–Trinajstić information content (AvgIpc) is 2.80. The van der Waals surface area contributed by atoms with Crippen molar-refractivity contribution in [2.24, 2.45) is 0 Å². The van der Waals surface area contributed by atoms with Crippen molar-refractivity contribution in [2.45, 2.75) is 19.6 Å². The lowest BCUT2D eigenvalue weighted by atomic mass is 10.1. The number of halogens is 6. The van der Waals surface area contributed by atoms with Crippen LogP contribution in [0.15, 0.2) is 36.4 Å². The van der Waals surface area contributed by atoms with E-state index < -0.39 is 30.2 Å². The molecule has 0 aliphatic rings. The van der Waals surface area contributed by atoms with Crippen LogP contribution >= 0.6 is 0 Å². The Morgan fingerprint density at radius 3 is 1.43 bits per heavy atom. The number of Topliss-reactive ketones (excluding diaryl/α,β-unsaturated/α-hetero) is 1. The molecule has 0 atom stereocenters. The third-order valence-electron chi connectivity index (χ3n) is 3.83. The molecule has 2 rings (SSSR count). The highest BCUT2D eigenvalue weighted by Crippen LogP contribution is 2.34. The summed E-state index contributed by atoms with van der Waals surface area (Å²) in [5.74, 6) is -2.74. The summed E-state index contributed by atoms with van der Waals surface area (Å²) in [5.41, 5.74) is 0.00512. The van der Waals surface area contributed by atoms with Crippen LogP contribution in [0, 0.1) is 0 Å². The molecule has 0 aromatic heterocycles. The molecule has 0 heterocycles. The van der Waals surface area contributed by atoms with E-state index in [1.165, 1.54) is 39.3 Å². The van der Waals surface area contributed by atoms with Gasteiger partial charge in [0.15, 0.2) is 42.4 Å². The van der Waals surface area contributed by atoms with Crippen LogP contribution in [0.2, 0.25) is 0 Å². The second kappa shape index (κ2) is 14.1. The summed E-state index contributed by atoms with van der Waals surface area (Å²) in [7, 11) is 3.75. The van der Waals surface area contributed by atoms with E-state index in [1.807, 2.05) is 0 Å². The highest BCUT2D eigenvalue weighted by molar-refractivity contribution is 5.94. The first-order chi connectivity index (χ1) is 17.2. The molecule has 206 valence electrons. The second-order valence-corrected chi connectivity index (χ2v) is 6.57. The summed E-state index contributed by atoms with van der Waals surface area (Å²) in [5, 5.41) is 0. The van der Waals surface area contributed by atoms with Crippen LogP contribution in [-0.4, -0.2) is 59.4 Å². The van der Waals surface area contributed by atoms with Gasteiger partial charge in [-0.1, -0.05) is 0 Å². The van der Waals surface area contributed by atoms with E-state index in [-0.39, 0.29) is 42.0 Å². The molecule has 0 amide bonds. The van der Waals surface area contributed by atoms with Crippen molar-refractivity contribution in [1.82, 2.24) is 0 Å². The molecule has 37 heavy (non-hydrogen) atoms. The van der Waals surface area contributed by atoms with E-state index in [1.54, 1.807) is 0 Å². The highest BCUT2D eigenvalue weighted by Gasteiger charge is 2.33. The smallest absolute Gasteiger partial charge is 0.465 e. The molecule has 15 heteroatoms. The molecule has 0 unspecified atom stereocenters. The van der Waals surface area contributed by atoms with Crippen LogP contribution in [0.5, 0.6) is 23.0 Å². The number of hydrogen-bond donors (Lipinski definition) is 0. The van der Waals surface area contributed by atoms with Gasteiger partial charge in [-0.2, -0.15) is 0 Å². The number of ether oxygens (including phenoxy) is 7. The summed E-state index contributed by atoms with van der Waals surface area (Å²) in [6.45, 7) is 0.752. The lowest BCUT2D eigenvalue weighted by Gasteiger charge is -2.14. The van der Waals surface area contributed by atoms with Crippen molar-refractivity contribution in [3.8, 4) is 23.0 Å². The maximum Gasteiger partial charge on any atom is 0.573 e. The van der Waals surface area contributed by atoms with E-state index in [4.69, 9.17) is 9.47 Å². The Bertz CT molecular complexity index is 1040. The van der Waals surface area contributed by atoms with Crippen molar-refractivity contribution >= 4 is 11.8 Å². The van der Waals surface area contributed by atoms with Gasteiger partial charge in [-0.25, -0.2) is 4.79 Å². The fourth-order valence-electron chi connectivity index (χ4n) is 2.37. The normalized spacial score (nSPS) is 11.1. The molecule has 0 aliphatic carbocycles. The molecule has 0 radical (unpaired) electrons. The van der Waals surface area contributed by atoms with Gasteiger partial charge < -0.3 is 33.2 Å². The molecule has 0 saturated heterocycles. The molecule has 2 aromatic rings. The molecule has 0 N–H and O–H groups in total. The van der Waals surface area contributed by atoms with Crippen LogP contribution in [0.4, 0.5) is 26.3 Å². The summed E-state index contributed by atoms with van der Waals surface area (Å²) >= 11 is 0. The van der Waals surface area contributed by atoms with E-state index in [0.717, 1.165) is 25.3 Å². The summed E-state index contributed by atoms with van der Waals surface area (Å²) < 4.78 is 104. The van der Waals surface area contributed by atoms with Crippen LogP contribution in [0.25, 0.3) is 0 Å². The monoisotopic (exact) mass is 544 g/mol. The lowest BCUT2D eigenvalue weighted by Crippen LogP contribution is -2.18. The first-order valence-electron chi connectivity index (χ1n) is 9.83. The van der Waals surface area contributed by atoms with E-state index in [2.05, 4.69) is 23.7 Å². The standard InChI is InChI=1S/C11H11F3O5.C11H11F3O4/c1-16-6-18-8-4-3-7(10(15)17-2)5-9(8)19-11(12,13)14;1-7(15)8-3-4-9(17-6-16-2)10(5-8)18-11(12,13)14/h3-5H,6H2,1-2H3;3-5H,6H2,1-2H3. The molecular weight excluding hydrogens is 522 g/mol. The van der Waals surface area contributed by atoms with Crippen LogP contribution in [0.3, 0.4) is 0 Å². The quantitative estimate of drug-likeness (QED) is 0.175. The molecule has 2 aromatic carbocycles. The van der Waals surface area contributed by atoms with E-state index >= 15 is 0 Å². The van der Waals surface area contributed by atoms with Crippen molar-refractivity contribution < 1.29 is 69.1 Å². The average molecular weight is 544 g/mol. The first-order valence-corrected chi connectivity index (χ1v) is 9.83. The number of benzene rings is 2. The third kappa shape index (κ3) is 11.7. The second-order valence-electron chi connectivity index (χ2n) is 6.57. The van der Waals surface area contributed by atoms with Gasteiger partial charge in [-0.05, 0) is 43.3 Å². The van der Waals surface area contributed by atoms with Crippen LogP contribution < -0.4 is 18.9 Å². The first kappa shape index (κ1) is 31.3. The minimum atomic E-state index is -4.90. The molecular formula is C22H22F6O9. The third-order valence-corrected chi connectivity index (χ3v) is 3.83. The number of ketones is 1. The summed E-state index contributed by atoms with van der Waals surface area (Å²) in [6, 6.07) is 6.82. The Kier molecular flexibility index (Phi) is 12.0. The Morgan fingerprint density at radius 2 is 1.08 bits per heavy atom. The van der Waals surface area contributed by atoms with Gasteiger partial charge in [0.2, 0.25) is 0 Å². The number of esters is 1. The van der Waals surface area contributed by atoms with Crippen LogP contribution in [-0.2, 0) is 14.2 Å². The van der Waals surface area contributed by atoms with Gasteiger partial charge in [0.05, 0.1) is 12.7 Å². The number of rotatable bonds is 10. The largest absolute Gasteiger partial charge is 0.573 e. The maximum absolute atomic E-state index is 12.2. The lowest BCUT2D eigenvalue weighted by molar-refractivity contribution is -0.276. The van der Waals surface area contributed by atoms with Crippen molar-refractivity contribution in [3.05, 3.63) is 47.5 Å². The Labute approximate surface area is 206 Å². The molecule has 9 nitrogen and oxygen atoms in total. The van der Waals surface area contributed by atoms with Gasteiger partial charge in [0.25, 0.3) is 0 Å². The highest BCUT2D eigenvalue weighted by atomic mass is 19.4. The molecule has 0 fully saturated rings. The SMILES string of the molecule is COCOc1ccc(C(=O)OC)cc1OC(F)(F)F.COCOc1ccc(C(C)=O)cc1OC(F)(F)F. The number of carbonyl (C=O) groups is 2. The molecule has 0 aliphatic heterocycles. The van der Waals surface area contributed by atoms with Gasteiger partial charge in [-0.3, -0.25) is 4.79 Å². The number of alkyl halides is 6. The summed E-state index contributed by atoms with van der Waals surface area (Å²) in [6.07, 6.45) is -9.76. The van der Waals surface area contributed by atoms with E-state index in [0.29, 0.717) is 0 Å². The maximum atomic E-state index is 12.2. The predicted octanol–water partition coefficient (Wildman–Crippen LogP) is 5.13. The molecule has 0 saturated carbocycles. The van der Waals surface area contributed by atoms with Gasteiger partial charge in [0.1, 0.15) is 0 Å². The zero-order chi connectivity index (χ0) is 28.2. The van der Waals surface area contributed by atoms with Crippen LogP contribution in [0.1, 0.15) is 27.6 Å². The number of methoxy groups -OCH3 is 3. The van der Waals surface area contributed by atoms with Gasteiger partial charge in [0, 0.05) is 19.8 Å². The number of carbonyl (C=O) groups excluding carboxylic acids is 2. The minimum Gasteiger partial charge on any atom is -0.465 e. The predicted molar refractivity (Wildman–Crippen MR) is 113 cm³/mol. The summed E-state index contributed by atoms with van der Waals surface area (Å²) in [4.78, 5) is 22.3. The Hall–Kier alpha value is -3.72. The van der Waals surface area contributed by atoms with E-state index in [9.17, 15) is 35.9 Å². The van der Waals surface area contributed by atoms with Gasteiger partial charge in [-0.15, -0.1) is 26.3 Å². The Morgan fingerprint density at radius 1 is 0.676 bits per heavy atom. The molecule has 0 spiro atoms. The molecule has 0 bridgehead atoms. The van der Waals surface area contributed by atoms with Crippen molar-refractivity contribution in [2.75, 3.05) is 34.9 Å². The topological polar surface area (TPSA) is 98.8 Å². The Balaban J connectivity index is 0.000000371. The fourth-order valence-corrected chi connectivity index (χ4v) is 2.37.